The topological polar surface area (TPSA) is 58.6 Å². The Morgan fingerprint density at radius 1 is 1.33 bits per heavy atom. The minimum atomic E-state index is -0.132. The molecule has 0 saturated heterocycles. The first-order valence-electron chi connectivity index (χ1n) is 3.06. The van der Waals surface area contributed by atoms with Gasteiger partial charge in [0.1, 0.15) is 0 Å². The average Bonchev–Trinajstić information content (AvgIpc) is 2.01. The van der Waals surface area contributed by atoms with Gasteiger partial charge in [0.2, 0.25) is 0 Å². The number of rotatable bonds is 1. The van der Waals surface area contributed by atoms with Crippen molar-refractivity contribution < 1.29 is 5.11 Å². The van der Waals surface area contributed by atoms with Crippen LogP contribution >= 0.6 is 23.2 Å². The number of halogens is 2. The van der Waals surface area contributed by atoms with E-state index in [0.29, 0.717) is 5.56 Å². The minimum absolute atomic E-state index is 0.132. The maximum absolute atomic E-state index is 9.16. The number of phenols is 1. The largest absolute Gasteiger partial charge is 0.505 e. The number of hydrogen-bond acceptors (Lipinski definition) is 3. The third-order valence-corrected chi connectivity index (χ3v) is 1.84. The molecule has 1 rings (SSSR count). The van der Waals surface area contributed by atoms with Crippen LogP contribution in [0.25, 0.3) is 0 Å². The molecular formula is C7H6Cl2N2O. The highest BCUT2D eigenvalue weighted by Crippen LogP contribution is 2.31. The van der Waals surface area contributed by atoms with Crippen molar-refractivity contribution in [3.63, 3.8) is 0 Å². The van der Waals surface area contributed by atoms with Crippen LogP contribution in [0.3, 0.4) is 0 Å². The summed E-state index contributed by atoms with van der Waals surface area (Å²) in [5, 5.41) is 12.8. The number of nitrogens with two attached hydrogens (primary N) is 1. The zero-order valence-corrected chi connectivity index (χ0v) is 7.47. The van der Waals surface area contributed by atoms with E-state index in [0.717, 1.165) is 0 Å². The van der Waals surface area contributed by atoms with Gasteiger partial charge in [0.25, 0.3) is 0 Å². The summed E-state index contributed by atoms with van der Waals surface area (Å²) in [6.45, 7) is 0. The van der Waals surface area contributed by atoms with Crippen molar-refractivity contribution in [3.8, 4) is 5.75 Å². The van der Waals surface area contributed by atoms with E-state index in [-0.39, 0.29) is 15.8 Å². The Labute approximate surface area is 79.4 Å². The van der Waals surface area contributed by atoms with Gasteiger partial charge < -0.3 is 10.9 Å². The molecule has 3 N–H and O–H groups in total. The first-order chi connectivity index (χ1) is 5.65. The Kier molecular flexibility index (Phi) is 2.78. The van der Waals surface area contributed by atoms with E-state index in [1.54, 1.807) is 0 Å². The van der Waals surface area contributed by atoms with Crippen LogP contribution in [-0.4, -0.2) is 11.3 Å². The highest BCUT2D eigenvalue weighted by molar-refractivity contribution is 6.37. The molecule has 0 atom stereocenters. The van der Waals surface area contributed by atoms with E-state index >= 15 is 0 Å². The Hall–Kier alpha value is -0.930. The predicted molar refractivity (Wildman–Crippen MR) is 49.9 cm³/mol. The number of phenolic OH excluding ortho intramolecular Hbond substituents is 1. The van der Waals surface area contributed by atoms with Gasteiger partial charge in [0.15, 0.2) is 5.75 Å². The first kappa shape index (κ1) is 9.16. The monoisotopic (exact) mass is 204 g/mol. The predicted octanol–water partition coefficient (Wildman–Crippen LogP) is 1.99. The third-order valence-electron chi connectivity index (χ3n) is 1.26. The van der Waals surface area contributed by atoms with Gasteiger partial charge in [-0.15, -0.1) is 0 Å². The second-order valence-corrected chi connectivity index (χ2v) is 2.93. The molecule has 0 unspecified atom stereocenters. The normalized spacial score (nSPS) is 10.8. The Morgan fingerprint density at radius 3 is 2.25 bits per heavy atom. The second kappa shape index (κ2) is 3.65. The maximum Gasteiger partial charge on any atom is 0.152 e. The van der Waals surface area contributed by atoms with Gasteiger partial charge in [-0.3, -0.25) is 0 Å². The average molecular weight is 205 g/mol. The van der Waals surface area contributed by atoms with Crippen LogP contribution in [-0.2, 0) is 0 Å². The van der Waals surface area contributed by atoms with Gasteiger partial charge in [0, 0.05) is 0 Å². The van der Waals surface area contributed by atoms with E-state index in [2.05, 4.69) is 5.10 Å². The molecule has 0 bridgehead atoms. The lowest BCUT2D eigenvalue weighted by atomic mass is 10.2. The van der Waals surface area contributed by atoms with Crippen molar-refractivity contribution in [1.82, 2.24) is 0 Å². The van der Waals surface area contributed by atoms with Crippen LogP contribution in [0.2, 0.25) is 10.0 Å². The highest BCUT2D eigenvalue weighted by Gasteiger charge is 2.04. The molecule has 0 aromatic heterocycles. The molecular weight excluding hydrogens is 199 g/mol. The molecule has 0 spiro atoms. The summed E-state index contributed by atoms with van der Waals surface area (Å²) >= 11 is 11.2. The summed E-state index contributed by atoms with van der Waals surface area (Å²) in [6, 6.07) is 3.03. The van der Waals surface area contributed by atoms with E-state index in [9.17, 15) is 0 Å². The Bertz CT molecular complexity index is 302. The summed E-state index contributed by atoms with van der Waals surface area (Å²) in [7, 11) is 0. The van der Waals surface area contributed by atoms with Crippen LogP contribution in [0.1, 0.15) is 5.56 Å². The van der Waals surface area contributed by atoms with Crippen LogP contribution in [0.5, 0.6) is 5.75 Å². The fourth-order valence-electron chi connectivity index (χ4n) is 0.746. The Morgan fingerprint density at radius 2 is 1.83 bits per heavy atom. The van der Waals surface area contributed by atoms with Gasteiger partial charge in [-0.05, 0) is 17.7 Å². The van der Waals surface area contributed by atoms with Crippen LogP contribution in [0.4, 0.5) is 0 Å². The van der Waals surface area contributed by atoms with E-state index < -0.39 is 0 Å². The summed E-state index contributed by atoms with van der Waals surface area (Å²) in [6.07, 6.45) is 1.39. The van der Waals surface area contributed by atoms with Crippen molar-refractivity contribution in [2.75, 3.05) is 0 Å². The van der Waals surface area contributed by atoms with Gasteiger partial charge in [-0.2, -0.15) is 5.10 Å². The molecule has 0 aliphatic heterocycles. The standard InChI is InChI=1S/C7H6Cl2N2O/c8-5-1-4(3-11-10)2-6(9)7(5)12/h1-3,12H,10H2/b11-3-. The van der Waals surface area contributed by atoms with Crippen LogP contribution in [0, 0.1) is 0 Å². The molecule has 0 radical (unpaired) electrons. The molecule has 12 heavy (non-hydrogen) atoms. The van der Waals surface area contributed by atoms with Gasteiger partial charge in [-0.25, -0.2) is 0 Å². The number of hydrazone groups is 1. The molecule has 3 nitrogen and oxygen atoms in total. The van der Waals surface area contributed by atoms with Crippen molar-refractivity contribution in [3.05, 3.63) is 27.7 Å². The molecule has 5 heteroatoms. The van der Waals surface area contributed by atoms with Gasteiger partial charge in [0.05, 0.1) is 16.3 Å². The molecule has 0 aliphatic carbocycles. The van der Waals surface area contributed by atoms with Crippen LogP contribution < -0.4 is 5.84 Å². The fourth-order valence-corrected chi connectivity index (χ4v) is 1.25. The molecule has 0 heterocycles. The lowest BCUT2D eigenvalue weighted by molar-refractivity contribution is 0.476. The number of hydrogen-bond donors (Lipinski definition) is 2. The smallest absolute Gasteiger partial charge is 0.152 e. The lowest BCUT2D eigenvalue weighted by Crippen LogP contribution is -1.86. The zero-order valence-electron chi connectivity index (χ0n) is 5.96. The molecule has 0 saturated carbocycles. The SMILES string of the molecule is N/N=C\c1cc(Cl)c(O)c(Cl)c1. The minimum Gasteiger partial charge on any atom is -0.505 e. The summed E-state index contributed by atoms with van der Waals surface area (Å²) < 4.78 is 0. The Balaban J connectivity index is 3.21. The summed E-state index contributed by atoms with van der Waals surface area (Å²) in [5.74, 6) is 4.79. The molecule has 1 aromatic rings. The van der Waals surface area contributed by atoms with E-state index in [1.165, 1.54) is 18.3 Å². The number of aromatic hydroxyl groups is 1. The van der Waals surface area contributed by atoms with Crippen molar-refractivity contribution in [1.29, 1.82) is 0 Å². The van der Waals surface area contributed by atoms with Gasteiger partial charge in [-0.1, -0.05) is 23.2 Å². The molecule has 64 valence electrons. The quantitative estimate of drug-likeness (QED) is 0.418. The highest BCUT2D eigenvalue weighted by atomic mass is 35.5. The van der Waals surface area contributed by atoms with Crippen molar-refractivity contribution in [2.24, 2.45) is 10.9 Å². The maximum atomic E-state index is 9.16. The molecule has 0 aliphatic rings. The summed E-state index contributed by atoms with van der Waals surface area (Å²) in [5.41, 5.74) is 0.644. The zero-order chi connectivity index (χ0) is 9.14. The van der Waals surface area contributed by atoms with Crippen molar-refractivity contribution >= 4 is 29.4 Å². The third kappa shape index (κ3) is 1.81. The second-order valence-electron chi connectivity index (χ2n) is 2.11. The fraction of sp³-hybridized carbons (Fsp3) is 0. The van der Waals surface area contributed by atoms with Gasteiger partial charge >= 0.3 is 0 Å². The van der Waals surface area contributed by atoms with Crippen LogP contribution in [0.15, 0.2) is 17.2 Å². The molecule has 0 amide bonds. The van der Waals surface area contributed by atoms with E-state index in [4.69, 9.17) is 34.2 Å². The molecule has 1 aromatic carbocycles. The number of nitrogens with zero attached hydrogens (tertiary/aromatic N) is 1. The van der Waals surface area contributed by atoms with Crippen molar-refractivity contribution in [2.45, 2.75) is 0 Å². The first-order valence-corrected chi connectivity index (χ1v) is 3.82. The number of benzene rings is 1. The lowest BCUT2D eigenvalue weighted by Gasteiger charge is -2.00. The van der Waals surface area contributed by atoms with E-state index in [1.807, 2.05) is 0 Å². The molecule has 0 fully saturated rings. The summed E-state index contributed by atoms with van der Waals surface area (Å²) in [4.78, 5) is 0.